The Morgan fingerprint density at radius 2 is 1.65 bits per heavy atom. The fourth-order valence-corrected chi connectivity index (χ4v) is 5.82. The Hall–Kier alpha value is -1.99. The molecule has 1 heterocycles. The summed E-state index contributed by atoms with van der Waals surface area (Å²) in [7, 11) is -0.775. The van der Waals surface area contributed by atoms with Gasteiger partial charge >= 0.3 is 0 Å². The molecule has 0 fully saturated rings. The standard InChI is InChI=1S/C25H28S/c1-25(2,3)21-13-11-18(12-14-21)22-9-6-8-19-16-20(17-23(19)22)24-10-7-15-26(24,4)5/h6-16H,17H2,1-5H3. The van der Waals surface area contributed by atoms with Crippen LogP contribution in [-0.4, -0.2) is 12.5 Å². The Bertz CT molecular complexity index is 945. The molecule has 26 heavy (non-hydrogen) atoms. The van der Waals surface area contributed by atoms with Gasteiger partial charge in [-0.15, -0.1) is 0 Å². The van der Waals surface area contributed by atoms with E-state index in [1.165, 1.54) is 33.4 Å². The zero-order chi connectivity index (χ0) is 18.5. The Labute approximate surface area is 159 Å². The Morgan fingerprint density at radius 1 is 0.923 bits per heavy atom. The van der Waals surface area contributed by atoms with Gasteiger partial charge in [-0.05, 0) is 74.1 Å². The van der Waals surface area contributed by atoms with Gasteiger partial charge in [0.2, 0.25) is 0 Å². The molecule has 0 saturated carbocycles. The van der Waals surface area contributed by atoms with Crippen LogP contribution in [0, 0.1) is 0 Å². The summed E-state index contributed by atoms with van der Waals surface area (Å²) < 4.78 is 0. The van der Waals surface area contributed by atoms with Crippen molar-refractivity contribution >= 4 is 16.1 Å². The highest BCUT2D eigenvalue weighted by molar-refractivity contribution is 8.38. The van der Waals surface area contributed by atoms with E-state index in [0.717, 1.165) is 6.42 Å². The molecule has 2 aromatic rings. The third-order valence-corrected chi connectivity index (χ3v) is 7.89. The molecule has 0 unspecified atom stereocenters. The fraction of sp³-hybridized carbons (Fsp3) is 0.280. The molecule has 0 saturated heterocycles. The summed E-state index contributed by atoms with van der Waals surface area (Å²) in [5.41, 5.74) is 8.67. The molecule has 4 rings (SSSR count). The number of benzene rings is 2. The predicted octanol–water partition coefficient (Wildman–Crippen LogP) is 7.07. The van der Waals surface area contributed by atoms with E-state index < -0.39 is 10.0 Å². The van der Waals surface area contributed by atoms with Gasteiger partial charge in [-0.3, -0.25) is 0 Å². The van der Waals surface area contributed by atoms with Gasteiger partial charge in [0, 0.05) is 0 Å². The van der Waals surface area contributed by atoms with E-state index in [4.69, 9.17) is 0 Å². The van der Waals surface area contributed by atoms with Crippen molar-refractivity contribution in [3.05, 3.63) is 87.2 Å². The van der Waals surface area contributed by atoms with Crippen LogP contribution in [0.2, 0.25) is 0 Å². The van der Waals surface area contributed by atoms with Crippen molar-refractivity contribution in [2.75, 3.05) is 12.5 Å². The van der Waals surface area contributed by atoms with E-state index in [-0.39, 0.29) is 5.41 Å². The minimum Gasteiger partial charge on any atom is -0.200 e. The van der Waals surface area contributed by atoms with Crippen molar-refractivity contribution in [1.82, 2.24) is 0 Å². The van der Waals surface area contributed by atoms with Gasteiger partial charge in [0.1, 0.15) is 0 Å². The van der Waals surface area contributed by atoms with E-state index in [2.05, 4.69) is 99.4 Å². The fourth-order valence-electron chi connectivity index (χ4n) is 3.96. The lowest BCUT2D eigenvalue weighted by atomic mass is 9.85. The number of rotatable bonds is 2. The summed E-state index contributed by atoms with van der Waals surface area (Å²) in [6, 6.07) is 15.9. The summed E-state index contributed by atoms with van der Waals surface area (Å²) >= 11 is 0. The van der Waals surface area contributed by atoms with E-state index in [0.29, 0.717) is 0 Å². The zero-order valence-corrected chi connectivity index (χ0v) is 17.3. The average Bonchev–Trinajstić information content (AvgIpc) is 3.16. The zero-order valence-electron chi connectivity index (χ0n) is 16.5. The molecule has 1 heteroatoms. The van der Waals surface area contributed by atoms with Crippen LogP contribution in [0.5, 0.6) is 0 Å². The highest BCUT2D eigenvalue weighted by Gasteiger charge is 2.26. The molecule has 0 bridgehead atoms. The highest BCUT2D eigenvalue weighted by atomic mass is 32.3. The molecule has 1 aliphatic carbocycles. The Balaban J connectivity index is 1.68. The Morgan fingerprint density at radius 3 is 2.27 bits per heavy atom. The third kappa shape index (κ3) is 2.99. The lowest BCUT2D eigenvalue weighted by Crippen LogP contribution is -2.10. The summed E-state index contributed by atoms with van der Waals surface area (Å²) in [5.74, 6) is 0. The topological polar surface area (TPSA) is 0 Å². The van der Waals surface area contributed by atoms with Crippen LogP contribution in [0.1, 0.15) is 37.5 Å². The molecular weight excluding hydrogens is 332 g/mol. The summed E-state index contributed by atoms with van der Waals surface area (Å²) in [5, 5.41) is 2.39. The predicted molar refractivity (Wildman–Crippen MR) is 119 cm³/mol. The normalized spacial score (nSPS) is 19.1. The largest absolute Gasteiger partial charge is 0.200 e. The van der Waals surface area contributed by atoms with Gasteiger partial charge in [-0.1, -0.05) is 75.4 Å². The van der Waals surface area contributed by atoms with Gasteiger partial charge in [-0.25, -0.2) is 0 Å². The first kappa shape index (κ1) is 17.4. The molecule has 0 aromatic heterocycles. The number of hydrogen-bond donors (Lipinski definition) is 0. The van der Waals surface area contributed by atoms with Gasteiger partial charge in [-0.2, -0.15) is 10.0 Å². The number of hydrogen-bond acceptors (Lipinski definition) is 0. The average molecular weight is 361 g/mol. The van der Waals surface area contributed by atoms with E-state index in [1.807, 2.05) is 0 Å². The van der Waals surface area contributed by atoms with E-state index in [1.54, 1.807) is 4.91 Å². The molecule has 2 aromatic carbocycles. The van der Waals surface area contributed by atoms with Crippen LogP contribution in [-0.2, 0) is 11.8 Å². The maximum absolute atomic E-state index is 2.41. The second-order valence-electron chi connectivity index (χ2n) is 8.81. The molecule has 1 aliphatic heterocycles. The second kappa shape index (κ2) is 6.03. The number of fused-ring (bicyclic) bond motifs is 1. The molecule has 134 valence electrons. The quantitative estimate of drug-likeness (QED) is 0.537. The van der Waals surface area contributed by atoms with Gasteiger partial charge in [0.25, 0.3) is 0 Å². The molecule has 0 N–H and O–H groups in total. The van der Waals surface area contributed by atoms with Gasteiger partial charge in [0.05, 0.1) is 0 Å². The summed E-state index contributed by atoms with van der Waals surface area (Å²) in [6.45, 7) is 6.81. The third-order valence-electron chi connectivity index (χ3n) is 5.52. The maximum atomic E-state index is 2.41. The minimum atomic E-state index is -0.775. The van der Waals surface area contributed by atoms with Crippen molar-refractivity contribution in [2.45, 2.75) is 32.6 Å². The molecular formula is C25H28S. The molecule has 0 nitrogen and oxygen atoms in total. The first-order valence-electron chi connectivity index (χ1n) is 9.31. The molecule has 0 radical (unpaired) electrons. The van der Waals surface area contributed by atoms with Crippen LogP contribution in [0.4, 0.5) is 0 Å². The molecule has 0 spiro atoms. The molecule has 0 amide bonds. The van der Waals surface area contributed by atoms with Crippen molar-refractivity contribution < 1.29 is 0 Å². The van der Waals surface area contributed by atoms with Crippen LogP contribution >= 0.6 is 10.0 Å². The first-order valence-corrected chi connectivity index (χ1v) is 11.8. The van der Waals surface area contributed by atoms with Crippen molar-refractivity contribution in [1.29, 1.82) is 0 Å². The SMILES string of the molecule is CC(C)(C)c1ccc(-c2cccc3c2CC(C2=CC=CS2(C)C)=C3)cc1. The van der Waals surface area contributed by atoms with Crippen molar-refractivity contribution in [3.8, 4) is 11.1 Å². The second-order valence-corrected chi connectivity index (χ2v) is 12.3. The Kier molecular flexibility index (Phi) is 4.04. The van der Waals surface area contributed by atoms with Crippen LogP contribution in [0.15, 0.2) is 70.5 Å². The summed E-state index contributed by atoms with van der Waals surface area (Å²) in [6.07, 6.45) is 12.8. The molecule has 2 aliphatic rings. The maximum Gasteiger partial charge on any atom is -0.000280 e. The summed E-state index contributed by atoms with van der Waals surface area (Å²) in [4.78, 5) is 1.54. The van der Waals surface area contributed by atoms with Crippen molar-refractivity contribution in [2.24, 2.45) is 0 Å². The van der Waals surface area contributed by atoms with Crippen LogP contribution in [0.3, 0.4) is 0 Å². The smallest absolute Gasteiger partial charge is 0.000280 e. The highest BCUT2D eigenvalue weighted by Crippen LogP contribution is 2.58. The van der Waals surface area contributed by atoms with E-state index in [9.17, 15) is 0 Å². The van der Waals surface area contributed by atoms with Crippen molar-refractivity contribution in [3.63, 3.8) is 0 Å². The van der Waals surface area contributed by atoms with E-state index >= 15 is 0 Å². The lowest BCUT2D eigenvalue weighted by molar-refractivity contribution is 0.590. The lowest BCUT2D eigenvalue weighted by Gasteiger charge is -2.28. The minimum absolute atomic E-state index is 0.197. The van der Waals surface area contributed by atoms with Gasteiger partial charge in [0.15, 0.2) is 0 Å². The number of allylic oxidation sites excluding steroid dienone is 3. The van der Waals surface area contributed by atoms with Gasteiger partial charge < -0.3 is 0 Å². The van der Waals surface area contributed by atoms with Crippen LogP contribution in [0.25, 0.3) is 17.2 Å². The van der Waals surface area contributed by atoms with Crippen LogP contribution < -0.4 is 0 Å². The monoisotopic (exact) mass is 360 g/mol. The molecule has 0 atom stereocenters. The first-order chi connectivity index (χ1) is 12.3.